The Morgan fingerprint density at radius 1 is 1.04 bits per heavy atom. The van der Waals surface area contributed by atoms with Crippen molar-refractivity contribution in [3.05, 3.63) is 47.0 Å². The van der Waals surface area contributed by atoms with E-state index in [0.717, 1.165) is 12.8 Å². The maximum absolute atomic E-state index is 12.4. The summed E-state index contributed by atoms with van der Waals surface area (Å²) < 4.78 is 24.8. The van der Waals surface area contributed by atoms with Gasteiger partial charge in [0.2, 0.25) is 9.84 Å². The van der Waals surface area contributed by atoms with Crippen LogP contribution in [0.5, 0.6) is 0 Å². The Kier molecular flexibility index (Phi) is 4.82. The molecule has 23 heavy (non-hydrogen) atoms. The first-order chi connectivity index (χ1) is 11.0. The number of benzene rings is 1. The van der Waals surface area contributed by atoms with Crippen molar-refractivity contribution in [2.45, 2.75) is 42.5 Å². The number of nitrogens with one attached hydrogen (secondary N) is 1. The molecule has 1 aliphatic carbocycles. The Balaban J connectivity index is 1.70. The fourth-order valence-corrected chi connectivity index (χ4v) is 4.06. The second-order valence-corrected chi connectivity index (χ2v) is 8.14. The molecule has 0 aliphatic heterocycles. The average molecular weight is 352 g/mol. The molecule has 1 aromatic carbocycles. The van der Waals surface area contributed by atoms with Crippen molar-refractivity contribution in [1.82, 2.24) is 10.2 Å². The molecular formula is C16H18ClN3O2S. The van der Waals surface area contributed by atoms with Crippen LogP contribution in [0.1, 0.15) is 31.2 Å². The van der Waals surface area contributed by atoms with E-state index in [1.165, 1.54) is 18.9 Å². The summed E-state index contributed by atoms with van der Waals surface area (Å²) in [5, 5.41) is 11.7. The van der Waals surface area contributed by atoms with Crippen LogP contribution >= 0.6 is 11.6 Å². The van der Waals surface area contributed by atoms with Gasteiger partial charge in [0.25, 0.3) is 0 Å². The highest BCUT2D eigenvalue weighted by Crippen LogP contribution is 2.22. The number of halogens is 1. The summed E-state index contributed by atoms with van der Waals surface area (Å²) in [5.74, 6) is 0.510. The summed E-state index contributed by atoms with van der Waals surface area (Å²) >= 11 is 5.81. The normalized spacial score (nSPS) is 15.7. The Morgan fingerprint density at radius 2 is 1.74 bits per heavy atom. The molecule has 122 valence electrons. The highest BCUT2D eigenvalue weighted by atomic mass is 35.5. The molecule has 0 spiro atoms. The minimum atomic E-state index is -3.51. The Labute approximate surface area is 141 Å². The van der Waals surface area contributed by atoms with Crippen LogP contribution in [0.2, 0.25) is 5.02 Å². The van der Waals surface area contributed by atoms with Crippen LogP contribution in [0.25, 0.3) is 0 Å². The van der Waals surface area contributed by atoms with Gasteiger partial charge in [0.1, 0.15) is 5.82 Å². The molecule has 0 amide bonds. The van der Waals surface area contributed by atoms with Gasteiger partial charge in [-0.15, -0.1) is 10.2 Å². The molecular weight excluding hydrogens is 334 g/mol. The SMILES string of the molecule is O=S(=O)(Cc1ccc(Cl)cc1)c1ccc(NC2CCCC2)nn1. The zero-order valence-electron chi connectivity index (χ0n) is 12.6. The summed E-state index contributed by atoms with van der Waals surface area (Å²) in [5.41, 5.74) is 0.671. The molecule has 0 bridgehead atoms. The van der Waals surface area contributed by atoms with E-state index in [-0.39, 0.29) is 10.8 Å². The van der Waals surface area contributed by atoms with Crippen LogP contribution in [0, 0.1) is 0 Å². The van der Waals surface area contributed by atoms with E-state index in [2.05, 4.69) is 15.5 Å². The molecule has 0 saturated heterocycles. The van der Waals surface area contributed by atoms with Crippen molar-refractivity contribution in [2.24, 2.45) is 0 Å². The number of anilines is 1. The van der Waals surface area contributed by atoms with Crippen molar-refractivity contribution in [1.29, 1.82) is 0 Å². The van der Waals surface area contributed by atoms with E-state index in [4.69, 9.17) is 11.6 Å². The van der Waals surface area contributed by atoms with E-state index in [0.29, 0.717) is 22.4 Å². The second-order valence-electron chi connectivity index (χ2n) is 5.77. The maximum atomic E-state index is 12.4. The van der Waals surface area contributed by atoms with Crippen LogP contribution in [-0.4, -0.2) is 24.7 Å². The van der Waals surface area contributed by atoms with Crippen molar-refractivity contribution in [2.75, 3.05) is 5.32 Å². The molecule has 1 N–H and O–H groups in total. The summed E-state index contributed by atoms with van der Waals surface area (Å²) in [4.78, 5) is 0. The summed E-state index contributed by atoms with van der Waals surface area (Å²) in [6.45, 7) is 0. The molecule has 0 unspecified atom stereocenters. The van der Waals surface area contributed by atoms with E-state index in [1.807, 2.05) is 0 Å². The molecule has 3 rings (SSSR count). The lowest BCUT2D eigenvalue weighted by molar-refractivity contribution is 0.589. The van der Waals surface area contributed by atoms with Crippen molar-refractivity contribution in [3.63, 3.8) is 0 Å². The maximum Gasteiger partial charge on any atom is 0.201 e. The molecule has 0 radical (unpaired) electrons. The van der Waals surface area contributed by atoms with Crippen LogP contribution in [0.3, 0.4) is 0 Å². The molecule has 1 aliphatic rings. The average Bonchev–Trinajstić information content (AvgIpc) is 3.03. The predicted octanol–water partition coefficient (Wildman–Crippen LogP) is 3.46. The van der Waals surface area contributed by atoms with Gasteiger partial charge in [-0.25, -0.2) is 8.42 Å². The Hall–Kier alpha value is -1.66. The van der Waals surface area contributed by atoms with Crippen LogP contribution < -0.4 is 5.32 Å². The van der Waals surface area contributed by atoms with E-state index in [1.54, 1.807) is 30.3 Å². The number of sulfone groups is 1. The highest BCUT2D eigenvalue weighted by molar-refractivity contribution is 7.90. The fraction of sp³-hybridized carbons (Fsp3) is 0.375. The molecule has 1 aromatic heterocycles. The summed E-state index contributed by atoms with van der Waals surface area (Å²) in [6, 6.07) is 10.3. The lowest BCUT2D eigenvalue weighted by atomic mass is 10.2. The standard InChI is InChI=1S/C16H18ClN3O2S/c17-13-7-5-12(6-8-13)11-23(21,22)16-10-9-15(19-20-16)18-14-3-1-2-4-14/h5-10,14H,1-4,11H2,(H,18,19). The van der Waals surface area contributed by atoms with Gasteiger partial charge in [0, 0.05) is 11.1 Å². The summed E-state index contributed by atoms with van der Waals surface area (Å²) in [6.07, 6.45) is 4.69. The first-order valence-electron chi connectivity index (χ1n) is 7.60. The van der Waals surface area contributed by atoms with E-state index < -0.39 is 9.84 Å². The molecule has 7 heteroatoms. The number of aromatic nitrogens is 2. The zero-order chi connectivity index (χ0) is 16.3. The van der Waals surface area contributed by atoms with E-state index >= 15 is 0 Å². The number of nitrogens with zero attached hydrogens (tertiary/aromatic N) is 2. The number of rotatable bonds is 5. The smallest absolute Gasteiger partial charge is 0.201 e. The molecule has 1 heterocycles. The van der Waals surface area contributed by atoms with Crippen LogP contribution in [0.4, 0.5) is 5.82 Å². The van der Waals surface area contributed by atoms with Gasteiger partial charge >= 0.3 is 0 Å². The minimum Gasteiger partial charge on any atom is -0.366 e. The van der Waals surface area contributed by atoms with Crippen LogP contribution in [-0.2, 0) is 15.6 Å². The van der Waals surface area contributed by atoms with Gasteiger partial charge in [0.05, 0.1) is 5.75 Å². The van der Waals surface area contributed by atoms with Crippen molar-refractivity contribution < 1.29 is 8.42 Å². The lowest BCUT2D eigenvalue weighted by Gasteiger charge is -2.12. The third kappa shape index (κ3) is 4.20. The second kappa shape index (κ2) is 6.84. The highest BCUT2D eigenvalue weighted by Gasteiger charge is 2.19. The Morgan fingerprint density at radius 3 is 2.35 bits per heavy atom. The van der Waals surface area contributed by atoms with Gasteiger partial charge in [-0.3, -0.25) is 0 Å². The third-order valence-corrected chi connectivity index (χ3v) is 5.76. The molecule has 0 atom stereocenters. The third-order valence-electron chi connectivity index (χ3n) is 3.94. The summed E-state index contributed by atoms with van der Waals surface area (Å²) in [7, 11) is -3.51. The van der Waals surface area contributed by atoms with Gasteiger partial charge in [-0.1, -0.05) is 36.6 Å². The van der Waals surface area contributed by atoms with Crippen molar-refractivity contribution in [3.8, 4) is 0 Å². The lowest BCUT2D eigenvalue weighted by Crippen LogP contribution is -2.16. The first-order valence-corrected chi connectivity index (χ1v) is 9.63. The van der Waals surface area contributed by atoms with Gasteiger partial charge in [-0.05, 0) is 42.7 Å². The quantitative estimate of drug-likeness (QED) is 0.893. The Bertz CT molecular complexity index is 755. The fourth-order valence-electron chi connectivity index (χ4n) is 2.72. The first kappa shape index (κ1) is 16.2. The topological polar surface area (TPSA) is 72.0 Å². The van der Waals surface area contributed by atoms with Crippen LogP contribution in [0.15, 0.2) is 41.4 Å². The van der Waals surface area contributed by atoms with Crippen molar-refractivity contribution >= 4 is 27.3 Å². The molecule has 1 fully saturated rings. The monoisotopic (exact) mass is 351 g/mol. The molecule has 1 saturated carbocycles. The number of hydrogen-bond donors (Lipinski definition) is 1. The minimum absolute atomic E-state index is 0.00979. The van der Waals surface area contributed by atoms with Gasteiger partial charge in [0.15, 0.2) is 5.03 Å². The van der Waals surface area contributed by atoms with Gasteiger partial charge < -0.3 is 5.32 Å². The molecule has 2 aromatic rings. The number of hydrogen-bond acceptors (Lipinski definition) is 5. The van der Waals surface area contributed by atoms with E-state index in [9.17, 15) is 8.42 Å². The molecule has 5 nitrogen and oxygen atoms in total. The predicted molar refractivity (Wildman–Crippen MR) is 90.3 cm³/mol. The van der Waals surface area contributed by atoms with Gasteiger partial charge in [-0.2, -0.15) is 0 Å². The zero-order valence-corrected chi connectivity index (χ0v) is 14.1. The largest absolute Gasteiger partial charge is 0.366 e.